The highest BCUT2D eigenvalue weighted by Crippen LogP contribution is 2.62. The molecule has 4 aliphatic rings. The molecule has 0 bridgehead atoms. The molecule has 2 aromatic heterocycles. The molecule has 3 heteroatoms. The number of fused-ring (bicyclic) bond motifs is 11. The minimum atomic E-state index is -0.494. The number of rotatable bonds is 6. The molecule has 1 spiro atoms. The van der Waals surface area contributed by atoms with Crippen LogP contribution in [-0.2, 0) is 5.41 Å². The summed E-state index contributed by atoms with van der Waals surface area (Å²) in [6.45, 7) is 9.60. The topological polar surface area (TPSA) is 9.86 Å². The SMILES string of the molecule is CCC(C)c1cc2c3c(c1)c1cc(C(C)CC)cc4c1n3-c1c(ccc3c1B2c1cccc2c(-c5ccccc5)c(-c5ccccc5)n-3c12)C41c2ccccc2-c2ccccc21. The summed E-state index contributed by atoms with van der Waals surface area (Å²) in [5.41, 5.74) is 26.8. The number of para-hydroxylation sites is 1. The van der Waals surface area contributed by atoms with Crippen molar-refractivity contribution >= 4 is 55.8 Å². The molecule has 1 aliphatic carbocycles. The molecule has 14 rings (SSSR count). The maximum atomic E-state index is 2.77. The molecule has 10 aromatic rings. The molecule has 0 saturated carbocycles. The van der Waals surface area contributed by atoms with E-state index in [1.54, 1.807) is 0 Å². The normalized spacial score (nSPS) is 15.2. The van der Waals surface area contributed by atoms with E-state index >= 15 is 0 Å². The van der Waals surface area contributed by atoms with Crippen molar-refractivity contribution in [2.45, 2.75) is 57.8 Å². The van der Waals surface area contributed by atoms with Crippen molar-refractivity contribution in [1.29, 1.82) is 0 Å². The lowest BCUT2D eigenvalue weighted by Crippen LogP contribution is -2.60. The summed E-state index contributed by atoms with van der Waals surface area (Å²) >= 11 is 0. The van der Waals surface area contributed by atoms with Gasteiger partial charge in [-0.15, -0.1) is 0 Å². The summed E-state index contributed by atoms with van der Waals surface area (Å²) in [4.78, 5) is 0. The Morgan fingerprint density at radius 3 is 1.76 bits per heavy atom. The van der Waals surface area contributed by atoms with Crippen LogP contribution >= 0.6 is 0 Å². The molecule has 3 aliphatic heterocycles. The van der Waals surface area contributed by atoms with E-state index in [0.717, 1.165) is 12.8 Å². The fourth-order valence-electron chi connectivity index (χ4n) is 12.8. The van der Waals surface area contributed by atoms with Gasteiger partial charge in [-0.2, -0.15) is 0 Å². The Balaban J connectivity index is 1.25. The highest BCUT2D eigenvalue weighted by molar-refractivity contribution is 7.00. The van der Waals surface area contributed by atoms with E-state index in [4.69, 9.17) is 0 Å². The van der Waals surface area contributed by atoms with Crippen LogP contribution in [0, 0.1) is 0 Å². The fraction of sp³-hybridized carbons (Fsp3) is 0.153. The van der Waals surface area contributed by atoms with Crippen LogP contribution in [0.15, 0.2) is 164 Å². The third-order valence-electron chi connectivity index (χ3n) is 15.9. The van der Waals surface area contributed by atoms with Gasteiger partial charge in [0, 0.05) is 44.1 Å². The first kappa shape index (κ1) is 34.8. The van der Waals surface area contributed by atoms with Gasteiger partial charge in [0.05, 0.1) is 16.6 Å². The van der Waals surface area contributed by atoms with Crippen LogP contribution in [0.4, 0.5) is 0 Å². The number of aromatic nitrogens is 2. The average molecular weight is 793 g/mol. The number of hydrogen-bond acceptors (Lipinski definition) is 0. The molecule has 2 atom stereocenters. The van der Waals surface area contributed by atoms with E-state index < -0.39 is 5.41 Å². The highest BCUT2D eigenvalue weighted by atomic mass is 15.1. The molecule has 0 fully saturated rings. The summed E-state index contributed by atoms with van der Waals surface area (Å²) in [5, 5.41) is 4.12. The predicted molar refractivity (Wildman–Crippen MR) is 261 cm³/mol. The van der Waals surface area contributed by atoms with Crippen molar-refractivity contribution in [1.82, 2.24) is 9.13 Å². The second-order valence-corrected chi connectivity index (χ2v) is 18.6. The summed E-state index contributed by atoms with van der Waals surface area (Å²) in [7, 11) is 0. The fourth-order valence-corrected chi connectivity index (χ4v) is 12.8. The van der Waals surface area contributed by atoms with Gasteiger partial charge in [-0.25, -0.2) is 0 Å². The molecule has 0 amide bonds. The molecule has 8 aromatic carbocycles. The molecule has 2 nitrogen and oxygen atoms in total. The quantitative estimate of drug-likeness (QED) is 0.148. The van der Waals surface area contributed by atoms with E-state index in [-0.39, 0.29) is 6.71 Å². The van der Waals surface area contributed by atoms with Crippen molar-refractivity contribution in [2.24, 2.45) is 0 Å². The van der Waals surface area contributed by atoms with Gasteiger partial charge in [0.15, 0.2) is 0 Å². The lowest BCUT2D eigenvalue weighted by Gasteiger charge is -2.44. The van der Waals surface area contributed by atoms with Gasteiger partial charge >= 0.3 is 0 Å². The van der Waals surface area contributed by atoms with Gasteiger partial charge in [-0.05, 0) is 115 Å². The average Bonchev–Trinajstić information content (AvgIpc) is 3.96. The molecule has 62 heavy (non-hydrogen) atoms. The zero-order chi connectivity index (χ0) is 41.2. The first-order chi connectivity index (χ1) is 30.5. The van der Waals surface area contributed by atoms with Crippen molar-refractivity contribution < 1.29 is 0 Å². The van der Waals surface area contributed by atoms with Crippen LogP contribution in [0.5, 0.6) is 0 Å². The van der Waals surface area contributed by atoms with Crippen LogP contribution in [0.1, 0.15) is 85.8 Å². The Hall–Kier alpha value is -6.84. The van der Waals surface area contributed by atoms with Gasteiger partial charge in [-0.3, -0.25) is 0 Å². The second kappa shape index (κ2) is 12.2. The first-order valence-electron chi connectivity index (χ1n) is 22.9. The molecule has 5 heterocycles. The Morgan fingerprint density at radius 1 is 0.484 bits per heavy atom. The zero-order valence-corrected chi connectivity index (χ0v) is 35.6. The van der Waals surface area contributed by atoms with Gasteiger partial charge < -0.3 is 9.13 Å². The third-order valence-corrected chi connectivity index (χ3v) is 15.9. The molecule has 2 unspecified atom stereocenters. The minimum Gasteiger partial charge on any atom is -0.310 e. The number of hydrogen-bond donors (Lipinski definition) is 0. The summed E-state index contributed by atoms with van der Waals surface area (Å²) in [6.07, 6.45) is 2.19. The van der Waals surface area contributed by atoms with Crippen LogP contribution in [0.3, 0.4) is 0 Å². The van der Waals surface area contributed by atoms with Crippen molar-refractivity contribution in [3.63, 3.8) is 0 Å². The summed E-state index contributed by atoms with van der Waals surface area (Å²) < 4.78 is 5.44. The molecule has 0 radical (unpaired) electrons. The van der Waals surface area contributed by atoms with Gasteiger partial charge in [0.1, 0.15) is 0 Å². The van der Waals surface area contributed by atoms with E-state index in [2.05, 4.69) is 201 Å². The van der Waals surface area contributed by atoms with Gasteiger partial charge in [-0.1, -0.05) is 173 Å². The standard InChI is InChI=1S/C59H45BN2/c1-5-34(3)38-30-43-44-31-39(35(4)6-2)33-50-57(44)62-55(43)48(32-38)59(45-25-15-13-22-40(45)41-23-14-16-26-46(41)59)47-28-29-51-53(58(47)62)60(50)49-27-17-24-42-52(36-18-9-7-10-19-36)54(61(51)56(42)49)37-20-11-8-12-21-37/h7-35H,5-6H2,1-4H3. The molecule has 0 saturated heterocycles. The maximum absolute atomic E-state index is 2.77. The first-order valence-corrected chi connectivity index (χ1v) is 22.9. The Labute approximate surface area is 363 Å². The summed E-state index contributed by atoms with van der Waals surface area (Å²) in [5.74, 6) is 0.856. The Kier molecular flexibility index (Phi) is 6.84. The summed E-state index contributed by atoms with van der Waals surface area (Å²) in [6, 6.07) is 63.6. The lowest BCUT2D eigenvalue weighted by molar-refractivity contribution is 0.717. The zero-order valence-electron chi connectivity index (χ0n) is 35.6. The van der Waals surface area contributed by atoms with E-state index in [0.29, 0.717) is 11.8 Å². The van der Waals surface area contributed by atoms with Crippen molar-refractivity contribution in [3.05, 3.63) is 197 Å². The minimum absolute atomic E-state index is 0.0566. The molecule has 294 valence electrons. The van der Waals surface area contributed by atoms with Crippen LogP contribution < -0.4 is 16.4 Å². The predicted octanol–water partition coefficient (Wildman–Crippen LogP) is 12.9. The van der Waals surface area contributed by atoms with Crippen LogP contribution in [-0.4, -0.2) is 15.8 Å². The van der Waals surface area contributed by atoms with E-state index in [1.165, 1.54) is 127 Å². The van der Waals surface area contributed by atoms with E-state index in [1.807, 2.05) is 0 Å². The van der Waals surface area contributed by atoms with Crippen molar-refractivity contribution in [2.75, 3.05) is 0 Å². The van der Waals surface area contributed by atoms with Crippen LogP contribution in [0.2, 0.25) is 0 Å². The Bertz CT molecular complexity index is 3540. The second-order valence-electron chi connectivity index (χ2n) is 18.6. The van der Waals surface area contributed by atoms with Gasteiger partial charge in [0.25, 0.3) is 6.71 Å². The molecular weight excluding hydrogens is 747 g/mol. The molecule has 0 N–H and O–H groups in total. The van der Waals surface area contributed by atoms with E-state index in [9.17, 15) is 0 Å². The Morgan fingerprint density at radius 2 is 1.08 bits per heavy atom. The third kappa shape index (κ3) is 4.00. The lowest BCUT2D eigenvalue weighted by atomic mass is 9.33. The monoisotopic (exact) mass is 792 g/mol. The largest absolute Gasteiger partial charge is 0.310 e. The molecular formula is C59H45BN2. The van der Waals surface area contributed by atoms with Crippen molar-refractivity contribution in [3.8, 4) is 44.9 Å². The highest BCUT2D eigenvalue weighted by Gasteiger charge is 2.54. The van der Waals surface area contributed by atoms with Crippen LogP contribution in [0.25, 0.3) is 77.6 Å². The van der Waals surface area contributed by atoms with Gasteiger partial charge in [0.2, 0.25) is 0 Å². The smallest absolute Gasteiger partial charge is 0.252 e. The number of nitrogens with zero attached hydrogens (tertiary/aromatic N) is 2. The number of benzene rings is 8. The maximum Gasteiger partial charge on any atom is 0.252 e.